The Morgan fingerprint density at radius 2 is 1.63 bits per heavy atom. The van der Waals surface area contributed by atoms with Gasteiger partial charge in [0, 0.05) is 24.3 Å². The second-order valence-corrected chi connectivity index (χ2v) is 7.15. The number of nitriles is 1. The highest BCUT2D eigenvalue weighted by atomic mass is 16.6. The summed E-state index contributed by atoms with van der Waals surface area (Å²) in [5.74, 6) is -1.40. The molecule has 0 aliphatic rings. The maximum atomic E-state index is 12.5. The third-order valence-electron chi connectivity index (χ3n) is 4.74. The molecule has 11 heteroatoms. The van der Waals surface area contributed by atoms with Crippen LogP contribution in [0.5, 0.6) is 5.75 Å². The molecule has 3 aromatic rings. The summed E-state index contributed by atoms with van der Waals surface area (Å²) < 4.78 is 5.21. The molecule has 0 spiro atoms. The number of nitrogens with one attached hydrogen (secondary N) is 1. The molecule has 0 fully saturated rings. The Morgan fingerprint density at radius 1 is 0.971 bits per heavy atom. The van der Waals surface area contributed by atoms with Crippen molar-refractivity contribution in [2.45, 2.75) is 6.92 Å². The Labute approximate surface area is 198 Å². The number of esters is 1. The summed E-state index contributed by atoms with van der Waals surface area (Å²) in [6.45, 7) is 1.66. The average molecular weight is 472 g/mol. The Morgan fingerprint density at radius 3 is 2.26 bits per heavy atom. The molecule has 0 saturated carbocycles. The van der Waals surface area contributed by atoms with Gasteiger partial charge in [-0.2, -0.15) is 5.26 Å². The SMILES string of the molecule is Cc1ccc([N+](=O)[O-])cc1NC(=O)/C(C#N)=C/c1ccc(OC(=O)c2cccc([N+](=O)[O-])c2)cc1. The number of anilines is 1. The van der Waals surface area contributed by atoms with Crippen molar-refractivity contribution < 1.29 is 24.2 Å². The third-order valence-corrected chi connectivity index (χ3v) is 4.74. The molecule has 0 aliphatic carbocycles. The second-order valence-electron chi connectivity index (χ2n) is 7.15. The van der Waals surface area contributed by atoms with Gasteiger partial charge >= 0.3 is 5.97 Å². The summed E-state index contributed by atoms with van der Waals surface area (Å²) in [4.78, 5) is 45.4. The molecule has 0 heterocycles. The maximum Gasteiger partial charge on any atom is 0.343 e. The number of non-ortho nitro benzene ring substituents is 2. The summed E-state index contributed by atoms with van der Waals surface area (Å²) in [6.07, 6.45) is 1.30. The van der Waals surface area contributed by atoms with Crippen molar-refractivity contribution in [3.8, 4) is 11.8 Å². The number of benzene rings is 3. The van der Waals surface area contributed by atoms with E-state index >= 15 is 0 Å². The Kier molecular flexibility index (Phi) is 7.28. The van der Waals surface area contributed by atoms with Crippen molar-refractivity contribution in [1.82, 2.24) is 0 Å². The summed E-state index contributed by atoms with van der Waals surface area (Å²) in [7, 11) is 0. The maximum absolute atomic E-state index is 12.5. The first kappa shape index (κ1) is 24.3. The summed E-state index contributed by atoms with van der Waals surface area (Å²) in [5.41, 5.74) is 0.527. The average Bonchev–Trinajstić information content (AvgIpc) is 2.84. The number of carbonyl (C=O) groups excluding carboxylic acids is 2. The van der Waals surface area contributed by atoms with Crippen LogP contribution in [0, 0.1) is 38.5 Å². The molecule has 174 valence electrons. The van der Waals surface area contributed by atoms with Crippen molar-refractivity contribution in [3.05, 3.63) is 109 Å². The number of hydrogen-bond donors (Lipinski definition) is 1. The predicted octanol–water partition coefficient (Wildman–Crippen LogP) is 4.58. The van der Waals surface area contributed by atoms with Gasteiger partial charge in [-0.3, -0.25) is 25.0 Å². The molecule has 0 saturated heterocycles. The van der Waals surface area contributed by atoms with Gasteiger partial charge in [0.2, 0.25) is 0 Å². The van der Waals surface area contributed by atoms with Crippen LogP contribution in [0.4, 0.5) is 17.1 Å². The lowest BCUT2D eigenvalue weighted by atomic mass is 10.1. The van der Waals surface area contributed by atoms with E-state index in [4.69, 9.17) is 4.74 Å². The van der Waals surface area contributed by atoms with Crippen LogP contribution in [0.3, 0.4) is 0 Å². The first-order valence-electron chi connectivity index (χ1n) is 9.93. The number of ether oxygens (including phenoxy) is 1. The number of amides is 1. The van der Waals surface area contributed by atoms with Gasteiger partial charge in [0.25, 0.3) is 17.3 Å². The highest BCUT2D eigenvalue weighted by molar-refractivity contribution is 6.10. The van der Waals surface area contributed by atoms with Gasteiger partial charge in [0.1, 0.15) is 17.4 Å². The van der Waals surface area contributed by atoms with Gasteiger partial charge in [0.15, 0.2) is 0 Å². The molecular formula is C24H16N4O7. The Balaban J connectivity index is 1.73. The molecule has 0 aliphatic heterocycles. The molecule has 0 bridgehead atoms. The van der Waals surface area contributed by atoms with Gasteiger partial charge in [-0.05, 0) is 42.3 Å². The van der Waals surface area contributed by atoms with E-state index in [2.05, 4.69) is 5.32 Å². The van der Waals surface area contributed by atoms with Gasteiger partial charge in [0.05, 0.1) is 21.1 Å². The molecule has 0 unspecified atom stereocenters. The van der Waals surface area contributed by atoms with Crippen LogP contribution >= 0.6 is 0 Å². The van der Waals surface area contributed by atoms with Gasteiger partial charge in [-0.25, -0.2) is 4.79 Å². The van der Waals surface area contributed by atoms with Crippen LogP contribution < -0.4 is 10.1 Å². The van der Waals surface area contributed by atoms with Crippen LogP contribution in [0.25, 0.3) is 6.08 Å². The van der Waals surface area contributed by atoms with Gasteiger partial charge in [-0.1, -0.05) is 24.3 Å². The van der Waals surface area contributed by atoms with Crippen LogP contribution in [0.2, 0.25) is 0 Å². The lowest BCUT2D eigenvalue weighted by Gasteiger charge is -2.08. The fraction of sp³-hybridized carbons (Fsp3) is 0.0417. The van der Waals surface area contributed by atoms with Crippen molar-refractivity contribution in [3.63, 3.8) is 0 Å². The quantitative estimate of drug-likeness (QED) is 0.130. The number of aryl methyl sites for hydroxylation is 1. The van der Waals surface area contributed by atoms with Crippen molar-refractivity contribution in [2.24, 2.45) is 0 Å². The lowest BCUT2D eigenvalue weighted by Crippen LogP contribution is -2.14. The molecule has 0 aromatic heterocycles. The van der Waals surface area contributed by atoms with E-state index in [0.29, 0.717) is 11.1 Å². The third kappa shape index (κ3) is 6.11. The van der Waals surface area contributed by atoms with E-state index in [1.165, 1.54) is 66.7 Å². The molecule has 35 heavy (non-hydrogen) atoms. The van der Waals surface area contributed by atoms with E-state index < -0.39 is 21.7 Å². The normalized spacial score (nSPS) is 10.7. The minimum absolute atomic E-state index is 0.00283. The van der Waals surface area contributed by atoms with E-state index in [0.717, 1.165) is 6.07 Å². The standard InChI is InChI=1S/C24H16N4O7/c1-15-5-8-20(28(33)34)13-22(15)26-23(29)18(14-25)11-16-6-9-21(10-7-16)35-24(30)17-3-2-4-19(12-17)27(31)32/h2-13H,1H3,(H,26,29)/b18-11+. The van der Waals surface area contributed by atoms with Crippen molar-refractivity contribution >= 4 is 35.0 Å². The number of nitro benzene ring substituents is 2. The first-order chi connectivity index (χ1) is 16.7. The molecule has 3 rings (SSSR count). The zero-order valence-corrected chi connectivity index (χ0v) is 18.1. The summed E-state index contributed by atoms with van der Waals surface area (Å²) >= 11 is 0. The van der Waals surface area contributed by atoms with Crippen molar-refractivity contribution in [2.75, 3.05) is 5.32 Å². The highest BCUT2D eigenvalue weighted by Gasteiger charge is 2.15. The van der Waals surface area contributed by atoms with E-state index in [-0.39, 0.29) is 33.9 Å². The van der Waals surface area contributed by atoms with Crippen LogP contribution in [0.15, 0.2) is 72.3 Å². The van der Waals surface area contributed by atoms with Crippen LogP contribution in [0.1, 0.15) is 21.5 Å². The molecule has 1 N–H and O–H groups in total. The minimum atomic E-state index is -0.790. The van der Waals surface area contributed by atoms with Crippen molar-refractivity contribution in [1.29, 1.82) is 5.26 Å². The van der Waals surface area contributed by atoms with E-state index in [1.54, 1.807) is 13.0 Å². The fourth-order valence-corrected chi connectivity index (χ4v) is 2.91. The number of carbonyl (C=O) groups is 2. The zero-order valence-electron chi connectivity index (χ0n) is 18.1. The summed E-state index contributed by atoms with van der Waals surface area (Å²) in [6, 6.07) is 16.7. The first-order valence-corrected chi connectivity index (χ1v) is 9.93. The van der Waals surface area contributed by atoms with Gasteiger partial charge < -0.3 is 10.1 Å². The molecule has 11 nitrogen and oxygen atoms in total. The lowest BCUT2D eigenvalue weighted by molar-refractivity contribution is -0.385. The minimum Gasteiger partial charge on any atom is -0.423 e. The number of nitro groups is 2. The number of nitrogens with zero attached hydrogens (tertiary/aromatic N) is 3. The topological polar surface area (TPSA) is 165 Å². The van der Waals surface area contributed by atoms with Gasteiger partial charge in [-0.15, -0.1) is 0 Å². The monoisotopic (exact) mass is 472 g/mol. The zero-order chi connectivity index (χ0) is 25.5. The summed E-state index contributed by atoms with van der Waals surface area (Å²) in [5, 5.41) is 33.7. The van der Waals surface area contributed by atoms with Crippen LogP contribution in [-0.2, 0) is 4.79 Å². The fourth-order valence-electron chi connectivity index (χ4n) is 2.91. The van der Waals surface area contributed by atoms with E-state index in [9.17, 15) is 35.1 Å². The second kappa shape index (κ2) is 10.5. The van der Waals surface area contributed by atoms with Crippen LogP contribution in [-0.4, -0.2) is 21.7 Å². The molecule has 3 aromatic carbocycles. The molecule has 1 amide bonds. The molecular weight excluding hydrogens is 456 g/mol. The number of hydrogen-bond acceptors (Lipinski definition) is 8. The smallest absolute Gasteiger partial charge is 0.343 e. The molecule has 0 atom stereocenters. The van der Waals surface area contributed by atoms with E-state index in [1.807, 2.05) is 0 Å². The molecule has 0 radical (unpaired) electrons. The Bertz CT molecular complexity index is 1410. The predicted molar refractivity (Wildman–Crippen MR) is 125 cm³/mol. The Hall–Kier alpha value is -5.37. The largest absolute Gasteiger partial charge is 0.423 e. The highest BCUT2D eigenvalue weighted by Crippen LogP contribution is 2.23. The number of rotatable bonds is 7.